The molecule has 1 saturated heterocycles. The summed E-state index contributed by atoms with van der Waals surface area (Å²) in [6.45, 7) is 11.4. The van der Waals surface area contributed by atoms with Gasteiger partial charge in [0.05, 0.1) is 4.90 Å². The lowest BCUT2D eigenvalue weighted by Gasteiger charge is -2.41. The number of hydrogen-bond donors (Lipinski definition) is 0. The third-order valence-electron chi connectivity index (χ3n) is 5.86. The van der Waals surface area contributed by atoms with E-state index in [1.165, 1.54) is 18.2 Å². The second kappa shape index (κ2) is 10.5. The maximum Gasteiger partial charge on any atom is 0.410 e. The number of amides is 1. The summed E-state index contributed by atoms with van der Waals surface area (Å²) in [6, 6.07) is 11.2. The van der Waals surface area contributed by atoms with Crippen molar-refractivity contribution in [3.05, 3.63) is 59.4 Å². The summed E-state index contributed by atoms with van der Waals surface area (Å²) >= 11 is 0. The van der Waals surface area contributed by atoms with E-state index in [1.54, 1.807) is 30.0 Å². The molecular weight excluding hydrogens is 471 g/mol. The van der Waals surface area contributed by atoms with Crippen LogP contribution in [0.5, 0.6) is 5.75 Å². The third kappa shape index (κ3) is 7.41. The minimum absolute atomic E-state index is 0.0666. The molecule has 0 spiro atoms. The van der Waals surface area contributed by atoms with E-state index in [2.05, 4.69) is 4.90 Å². The van der Waals surface area contributed by atoms with Gasteiger partial charge in [-0.15, -0.1) is 0 Å². The number of hydrogen-bond acceptors (Lipinski definition) is 6. The lowest BCUT2D eigenvalue weighted by atomic mass is 10.0. The van der Waals surface area contributed by atoms with Gasteiger partial charge in [-0.1, -0.05) is 12.1 Å². The zero-order valence-corrected chi connectivity index (χ0v) is 22.1. The Balaban J connectivity index is 1.76. The van der Waals surface area contributed by atoms with Crippen molar-refractivity contribution in [3.8, 4) is 5.75 Å². The summed E-state index contributed by atoms with van der Waals surface area (Å²) in [5, 5.41) is 0. The minimum Gasteiger partial charge on any atom is -0.484 e. The van der Waals surface area contributed by atoms with E-state index in [0.717, 1.165) is 6.26 Å². The quantitative estimate of drug-likeness (QED) is 0.570. The van der Waals surface area contributed by atoms with E-state index in [9.17, 15) is 17.6 Å². The number of carbonyl (C=O) groups excluding carboxylic acids is 1. The number of carbonyl (C=O) groups is 1. The lowest BCUT2D eigenvalue weighted by Crippen LogP contribution is -2.55. The molecule has 35 heavy (non-hydrogen) atoms. The zero-order chi connectivity index (χ0) is 26.0. The van der Waals surface area contributed by atoms with Gasteiger partial charge in [0.2, 0.25) is 0 Å². The van der Waals surface area contributed by atoms with Gasteiger partial charge < -0.3 is 14.4 Å². The van der Waals surface area contributed by atoms with Gasteiger partial charge >= 0.3 is 6.09 Å². The number of rotatable bonds is 6. The topological polar surface area (TPSA) is 76.2 Å². The molecule has 0 aliphatic carbocycles. The minimum atomic E-state index is -3.32. The van der Waals surface area contributed by atoms with Crippen molar-refractivity contribution in [2.24, 2.45) is 0 Å². The molecule has 0 bridgehead atoms. The molecule has 0 radical (unpaired) electrons. The van der Waals surface area contributed by atoms with E-state index < -0.39 is 21.5 Å². The number of sulfone groups is 1. The van der Waals surface area contributed by atoms with Crippen LogP contribution in [0, 0.1) is 12.7 Å². The second-order valence-electron chi connectivity index (χ2n) is 10.1. The molecule has 7 nitrogen and oxygen atoms in total. The molecule has 2 aromatic rings. The number of ether oxygens (including phenoxy) is 2. The van der Waals surface area contributed by atoms with Gasteiger partial charge in [-0.25, -0.2) is 17.6 Å². The molecule has 1 aliphatic heterocycles. The summed E-state index contributed by atoms with van der Waals surface area (Å²) in [5.74, 6) is 0.176. The Bertz CT molecular complexity index is 1150. The predicted octanol–water partition coefficient (Wildman–Crippen LogP) is 4.60. The normalized spacial score (nSPS) is 18.3. The average molecular weight is 507 g/mol. The maximum atomic E-state index is 14.4. The van der Waals surface area contributed by atoms with Gasteiger partial charge in [-0.05, 0) is 76.1 Å². The van der Waals surface area contributed by atoms with Crippen LogP contribution in [0.1, 0.15) is 44.9 Å². The number of halogens is 1. The van der Waals surface area contributed by atoms with Crippen LogP contribution >= 0.6 is 0 Å². The molecular formula is C26H35FN2O5S. The van der Waals surface area contributed by atoms with Crippen LogP contribution in [0.4, 0.5) is 9.18 Å². The first kappa shape index (κ1) is 26.9. The number of piperazine rings is 1. The van der Waals surface area contributed by atoms with Gasteiger partial charge in [-0.2, -0.15) is 0 Å². The first-order valence-electron chi connectivity index (χ1n) is 11.7. The van der Waals surface area contributed by atoms with E-state index in [0.29, 0.717) is 43.1 Å². The average Bonchev–Trinajstić information content (AvgIpc) is 2.74. The van der Waals surface area contributed by atoms with Crippen LogP contribution in [0.3, 0.4) is 0 Å². The van der Waals surface area contributed by atoms with Gasteiger partial charge in [0.15, 0.2) is 9.84 Å². The van der Waals surface area contributed by atoms with Crippen LogP contribution in [0.15, 0.2) is 47.4 Å². The Morgan fingerprint density at radius 2 is 1.80 bits per heavy atom. The SMILES string of the molecule is Cc1ccc([C@H](CN2CCN(C(=O)OC(C)(C)C)[C@H](C)C2)Oc2ccc(S(C)(=O)=O)cc2)cc1F. The summed E-state index contributed by atoms with van der Waals surface area (Å²) in [4.78, 5) is 16.7. The third-order valence-corrected chi connectivity index (χ3v) is 6.99. The van der Waals surface area contributed by atoms with Crippen molar-refractivity contribution in [2.75, 3.05) is 32.4 Å². The largest absolute Gasteiger partial charge is 0.484 e. The Morgan fingerprint density at radius 3 is 2.34 bits per heavy atom. The fourth-order valence-electron chi connectivity index (χ4n) is 3.97. The van der Waals surface area contributed by atoms with Crippen LogP contribution in [0.25, 0.3) is 0 Å². The van der Waals surface area contributed by atoms with E-state index >= 15 is 0 Å². The Kier molecular flexibility index (Phi) is 8.11. The van der Waals surface area contributed by atoms with Crippen LogP contribution in [-0.4, -0.2) is 68.4 Å². The van der Waals surface area contributed by atoms with Crippen LogP contribution < -0.4 is 4.74 Å². The molecule has 0 unspecified atom stereocenters. The summed E-state index contributed by atoms with van der Waals surface area (Å²) in [6.07, 6.45) is 0.331. The number of benzene rings is 2. The highest BCUT2D eigenvalue weighted by Gasteiger charge is 2.32. The first-order chi connectivity index (χ1) is 16.2. The Hall–Kier alpha value is -2.65. The van der Waals surface area contributed by atoms with Crippen molar-refractivity contribution < 1.29 is 27.1 Å². The van der Waals surface area contributed by atoms with Crippen molar-refractivity contribution in [1.29, 1.82) is 0 Å². The Labute approximate surface area is 207 Å². The molecule has 1 amide bonds. The van der Waals surface area contributed by atoms with Gasteiger partial charge in [0, 0.05) is 38.5 Å². The first-order valence-corrected chi connectivity index (χ1v) is 13.6. The predicted molar refractivity (Wildman–Crippen MR) is 133 cm³/mol. The Morgan fingerprint density at radius 1 is 1.14 bits per heavy atom. The van der Waals surface area contributed by atoms with Gasteiger partial charge in [0.1, 0.15) is 23.3 Å². The van der Waals surface area contributed by atoms with Crippen LogP contribution in [-0.2, 0) is 14.6 Å². The zero-order valence-electron chi connectivity index (χ0n) is 21.2. The summed E-state index contributed by atoms with van der Waals surface area (Å²) in [7, 11) is -3.32. The molecule has 0 aromatic heterocycles. The van der Waals surface area contributed by atoms with Crippen molar-refractivity contribution in [2.45, 2.75) is 57.3 Å². The highest BCUT2D eigenvalue weighted by molar-refractivity contribution is 7.90. The molecule has 2 atom stereocenters. The highest BCUT2D eigenvalue weighted by Crippen LogP contribution is 2.27. The molecule has 192 valence electrons. The molecule has 3 rings (SSSR count). The summed E-state index contributed by atoms with van der Waals surface area (Å²) in [5.41, 5.74) is 0.668. The van der Waals surface area contributed by atoms with Crippen molar-refractivity contribution >= 4 is 15.9 Å². The van der Waals surface area contributed by atoms with Crippen molar-refractivity contribution in [1.82, 2.24) is 9.80 Å². The maximum absolute atomic E-state index is 14.4. The molecule has 1 fully saturated rings. The second-order valence-corrected chi connectivity index (χ2v) is 12.2. The molecule has 0 saturated carbocycles. The molecule has 2 aromatic carbocycles. The monoisotopic (exact) mass is 506 g/mol. The number of nitrogens with zero attached hydrogens (tertiary/aromatic N) is 2. The lowest BCUT2D eigenvalue weighted by molar-refractivity contribution is -0.00299. The fraction of sp³-hybridized carbons (Fsp3) is 0.500. The van der Waals surface area contributed by atoms with E-state index in [4.69, 9.17) is 9.47 Å². The van der Waals surface area contributed by atoms with Gasteiger partial charge in [-0.3, -0.25) is 4.90 Å². The fourth-order valence-corrected chi connectivity index (χ4v) is 4.61. The number of aryl methyl sites for hydroxylation is 1. The van der Waals surface area contributed by atoms with E-state index in [-0.39, 0.29) is 22.8 Å². The standard InChI is InChI=1S/C26H35FN2O5S/c1-18-7-8-20(15-23(18)27)24(33-21-9-11-22(12-10-21)35(6,31)32)17-28-13-14-29(19(2)16-28)25(30)34-26(3,4)5/h7-12,15,19,24H,13-14,16-17H2,1-6H3/t19-,24+/m1/s1. The molecule has 0 N–H and O–H groups in total. The van der Waals surface area contributed by atoms with Crippen LogP contribution in [0.2, 0.25) is 0 Å². The van der Waals surface area contributed by atoms with Crippen molar-refractivity contribution in [3.63, 3.8) is 0 Å². The molecule has 1 aliphatic rings. The highest BCUT2D eigenvalue weighted by atomic mass is 32.2. The van der Waals surface area contributed by atoms with Gasteiger partial charge in [0.25, 0.3) is 0 Å². The summed E-state index contributed by atoms with van der Waals surface area (Å²) < 4.78 is 49.7. The van der Waals surface area contributed by atoms with E-state index in [1.807, 2.05) is 33.8 Å². The smallest absolute Gasteiger partial charge is 0.410 e. The molecule has 9 heteroatoms. The molecule has 1 heterocycles.